The third-order valence-electron chi connectivity index (χ3n) is 4.11. The molecule has 2 rings (SSSR count). The van der Waals surface area contributed by atoms with E-state index in [-0.39, 0.29) is 5.91 Å². The number of methoxy groups -OCH3 is 3. The van der Waals surface area contributed by atoms with E-state index < -0.39 is 0 Å². The number of aryl methyl sites for hydroxylation is 1. The lowest BCUT2D eigenvalue weighted by Gasteiger charge is -2.18. The Balaban J connectivity index is 2.04. The lowest BCUT2D eigenvalue weighted by atomic mass is 10.1. The van der Waals surface area contributed by atoms with E-state index >= 15 is 0 Å². The van der Waals surface area contributed by atoms with Crippen LogP contribution in [0, 0.1) is 6.92 Å². The molecular formula is C20H25NO4. The van der Waals surface area contributed by atoms with E-state index in [1.54, 1.807) is 33.3 Å². The summed E-state index contributed by atoms with van der Waals surface area (Å²) in [6, 6.07) is 11.5. The van der Waals surface area contributed by atoms with Crippen molar-refractivity contribution in [2.45, 2.75) is 19.9 Å². The topological polar surface area (TPSA) is 48.0 Å². The molecule has 2 aromatic rings. The van der Waals surface area contributed by atoms with Gasteiger partial charge in [-0.2, -0.15) is 0 Å². The smallest absolute Gasteiger partial charge is 0.227 e. The van der Waals surface area contributed by atoms with Crippen LogP contribution in [0.4, 0.5) is 0 Å². The molecule has 0 N–H and O–H groups in total. The molecule has 134 valence electrons. The Labute approximate surface area is 149 Å². The van der Waals surface area contributed by atoms with Gasteiger partial charge in [0, 0.05) is 13.6 Å². The fourth-order valence-electron chi connectivity index (χ4n) is 2.70. The Morgan fingerprint density at radius 3 is 2.08 bits per heavy atom. The number of hydrogen-bond acceptors (Lipinski definition) is 4. The highest BCUT2D eigenvalue weighted by Crippen LogP contribution is 2.28. The van der Waals surface area contributed by atoms with Crippen LogP contribution in [0.3, 0.4) is 0 Å². The highest BCUT2D eigenvalue weighted by molar-refractivity contribution is 5.78. The Morgan fingerprint density at radius 2 is 1.48 bits per heavy atom. The summed E-state index contributed by atoms with van der Waals surface area (Å²) >= 11 is 0. The van der Waals surface area contributed by atoms with Crippen LogP contribution in [0.25, 0.3) is 0 Å². The number of nitrogens with zero attached hydrogens (tertiary/aromatic N) is 1. The van der Waals surface area contributed by atoms with E-state index in [4.69, 9.17) is 14.2 Å². The first-order valence-corrected chi connectivity index (χ1v) is 8.07. The highest BCUT2D eigenvalue weighted by atomic mass is 16.5. The molecule has 0 saturated heterocycles. The first-order valence-electron chi connectivity index (χ1n) is 8.07. The molecule has 1 amide bonds. The van der Waals surface area contributed by atoms with Gasteiger partial charge in [-0.3, -0.25) is 4.79 Å². The maximum Gasteiger partial charge on any atom is 0.227 e. The van der Waals surface area contributed by atoms with Crippen molar-refractivity contribution in [1.29, 1.82) is 0 Å². The Bertz CT molecular complexity index is 742. The molecule has 5 heteroatoms. The van der Waals surface area contributed by atoms with Crippen molar-refractivity contribution in [1.82, 2.24) is 4.90 Å². The van der Waals surface area contributed by atoms with Crippen LogP contribution in [0.5, 0.6) is 17.2 Å². The quantitative estimate of drug-likeness (QED) is 0.774. The standard InChI is InChI=1S/C20H25NO4/c1-14-10-15(6-8-17(14)23-3)12-20(22)21(2)13-16-7-9-18(24-4)19(11-16)25-5/h6-11H,12-13H2,1-5H3. The van der Waals surface area contributed by atoms with Crippen LogP contribution < -0.4 is 14.2 Å². The van der Waals surface area contributed by atoms with E-state index in [0.29, 0.717) is 24.5 Å². The number of benzene rings is 2. The Hall–Kier alpha value is -2.69. The molecule has 0 aliphatic carbocycles. The maximum absolute atomic E-state index is 12.5. The zero-order valence-corrected chi connectivity index (χ0v) is 15.5. The minimum Gasteiger partial charge on any atom is -0.496 e. The second-order valence-electron chi connectivity index (χ2n) is 5.92. The van der Waals surface area contributed by atoms with Crippen molar-refractivity contribution in [3.8, 4) is 17.2 Å². The summed E-state index contributed by atoms with van der Waals surface area (Å²) < 4.78 is 15.8. The maximum atomic E-state index is 12.5. The van der Waals surface area contributed by atoms with Crippen LogP contribution >= 0.6 is 0 Å². The van der Waals surface area contributed by atoms with Gasteiger partial charge in [0.25, 0.3) is 0 Å². The normalized spacial score (nSPS) is 10.3. The van der Waals surface area contributed by atoms with Gasteiger partial charge >= 0.3 is 0 Å². The molecule has 0 aliphatic heterocycles. The van der Waals surface area contributed by atoms with Crippen molar-refractivity contribution in [3.63, 3.8) is 0 Å². The molecule has 0 heterocycles. The van der Waals surface area contributed by atoms with Gasteiger partial charge in [-0.25, -0.2) is 0 Å². The predicted octanol–water partition coefficient (Wildman–Crippen LogP) is 3.22. The number of carbonyl (C=O) groups is 1. The lowest BCUT2D eigenvalue weighted by molar-refractivity contribution is -0.129. The van der Waals surface area contributed by atoms with Gasteiger partial charge in [0.05, 0.1) is 27.8 Å². The van der Waals surface area contributed by atoms with Crippen LogP contribution in [-0.2, 0) is 17.8 Å². The number of likely N-dealkylation sites (N-methyl/N-ethyl adjacent to an activating group) is 1. The molecule has 25 heavy (non-hydrogen) atoms. The van der Waals surface area contributed by atoms with Crippen molar-refractivity contribution >= 4 is 5.91 Å². The lowest BCUT2D eigenvalue weighted by Crippen LogP contribution is -2.27. The third-order valence-corrected chi connectivity index (χ3v) is 4.11. The summed E-state index contributed by atoms with van der Waals surface area (Å²) in [4.78, 5) is 14.2. The van der Waals surface area contributed by atoms with Gasteiger partial charge in [0.15, 0.2) is 11.5 Å². The van der Waals surface area contributed by atoms with Crippen molar-refractivity contribution in [2.24, 2.45) is 0 Å². The zero-order chi connectivity index (χ0) is 18.4. The van der Waals surface area contributed by atoms with E-state index in [1.807, 2.05) is 43.3 Å². The van der Waals surface area contributed by atoms with Gasteiger partial charge in [0.1, 0.15) is 5.75 Å². The average molecular weight is 343 g/mol. The molecule has 0 aliphatic rings. The molecule has 2 aromatic carbocycles. The predicted molar refractivity (Wildman–Crippen MR) is 97.5 cm³/mol. The molecule has 0 saturated carbocycles. The molecule has 0 aromatic heterocycles. The molecule has 5 nitrogen and oxygen atoms in total. The van der Waals surface area contributed by atoms with Crippen molar-refractivity contribution < 1.29 is 19.0 Å². The average Bonchev–Trinajstić information content (AvgIpc) is 2.61. The largest absolute Gasteiger partial charge is 0.496 e. The number of ether oxygens (including phenoxy) is 3. The van der Waals surface area contributed by atoms with Gasteiger partial charge in [0.2, 0.25) is 5.91 Å². The van der Waals surface area contributed by atoms with Crippen LogP contribution in [-0.4, -0.2) is 39.2 Å². The summed E-state index contributed by atoms with van der Waals surface area (Å²) in [5, 5.41) is 0. The van der Waals surface area contributed by atoms with Crippen molar-refractivity contribution in [3.05, 3.63) is 53.1 Å². The van der Waals surface area contributed by atoms with Gasteiger partial charge in [-0.1, -0.05) is 18.2 Å². The first-order chi connectivity index (χ1) is 12.0. The minimum absolute atomic E-state index is 0.0550. The summed E-state index contributed by atoms with van der Waals surface area (Å²) in [6.45, 7) is 2.48. The van der Waals surface area contributed by atoms with Crippen LogP contribution in [0.1, 0.15) is 16.7 Å². The molecule has 0 fully saturated rings. The number of carbonyl (C=O) groups excluding carboxylic acids is 1. The monoisotopic (exact) mass is 343 g/mol. The SMILES string of the molecule is COc1ccc(CC(=O)N(C)Cc2ccc(OC)c(OC)c2)cc1C. The first kappa shape index (κ1) is 18.6. The molecular weight excluding hydrogens is 318 g/mol. The second-order valence-corrected chi connectivity index (χ2v) is 5.92. The van der Waals surface area contributed by atoms with E-state index in [9.17, 15) is 4.79 Å². The van der Waals surface area contributed by atoms with Gasteiger partial charge < -0.3 is 19.1 Å². The van der Waals surface area contributed by atoms with Gasteiger partial charge in [-0.15, -0.1) is 0 Å². The fourth-order valence-corrected chi connectivity index (χ4v) is 2.70. The number of hydrogen-bond donors (Lipinski definition) is 0. The second kappa shape index (κ2) is 8.42. The minimum atomic E-state index is 0.0550. The summed E-state index contributed by atoms with van der Waals surface area (Å²) in [5.41, 5.74) is 2.98. The molecule has 0 unspecified atom stereocenters. The molecule has 0 spiro atoms. The zero-order valence-electron chi connectivity index (χ0n) is 15.5. The van der Waals surface area contributed by atoms with E-state index in [1.165, 1.54) is 0 Å². The van der Waals surface area contributed by atoms with Crippen molar-refractivity contribution in [2.75, 3.05) is 28.4 Å². The van der Waals surface area contributed by atoms with E-state index in [0.717, 1.165) is 22.4 Å². The molecule has 0 radical (unpaired) electrons. The van der Waals surface area contributed by atoms with Crippen LogP contribution in [0.2, 0.25) is 0 Å². The number of rotatable bonds is 7. The Kier molecular flexibility index (Phi) is 6.28. The summed E-state index contributed by atoms with van der Waals surface area (Å²) in [7, 11) is 6.64. The molecule has 0 bridgehead atoms. The van der Waals surface area contributed by atoms with Crippen LogP contribution in [0.15, 0.2) is 36.4 Å². The number of amides is 1. The highest BCUT2D eigenvalue weighted by Gasteiger charge is 2.13. The summed E-state index contributed by atoms with van der Waals surface area (Å²) in [6.07, 6.45) is 0.356. The van der Waals surface area contributed by atoms with Gasteiger partial charge in [-0.05, 0) is 41.8 Å². The Morgan fingerprint density at radius 1 is 0.880 bits per heavy atom. The third kappa shape index (κ3) is 4.66. The fraction of sp³-hybridized carbons (Fsp3) is 0.350. The van der Waals surface area contributed by atoms with E-state index in [2.05, 4.69) is 0 Å². The molecule has 0 atom stereocenters. The summed E-state index contributed by atoms with van der Waals surface area (Å²) in [5.74, 6) is 2.22.